The zero-order valence-corrected chi connectivity index (χ0v) is 22.4. The van der Waals surface area contributed by atoms with Crippen molar-refractivity contribution in [3.8, 4) is 11.5 Å². The third kappa shape index (κ3) is 20.0. The smallest absolute Gasteiger partial charge is 0.303 e. The number of unbranched alkanes of at least 4 members (excludes halogenated alkanes) is 16. The zero-order valence-electron chi connectivity index (χ0n) is 22.4. The highest BCUT2D eigenvalue weighted by molar-refractivity contribution is 5.66. The van der Waals surface area contributed by atoms with Gasteiger partial charge in [-0.3, -0.25) is 9.59 Å². The van der Waals surface area contributed by atoms with Crippen LogP contribution in [0.3, 0.4) is 0 Å². The normalized spacial score (nSPS) is 10.9. The van der Waals surface area contributed by atoms with E-state index in [1.54, 1.807) is 0 Å². The van der Waals surface area contributed by atoms with Gasteiger partial charge in [-0.05, 0) is 31.4 Å². The standard InChI is InChI=1S/C30H50O6/c31-29(32)23-16-14-12-10-8-6-4-2-1-3-5-7-9-11-13-15-19-25-35-27-21-17-18-22-28(27)36-26-20-24-30(33)34/h17-18,21-22H,1-16,19-20,23-26H2,(H,31,32)(H,33,34). The summed E-state index contributed by atoms with van der Waals surface area (Å²) in [6, 6.07) is 7.60. The van der Waals surface area contributed by atoms with Crippen LogP contribution < -0.4 is 9.47 Å². The first-order valence-corrected chi connectivity index (χ1v) is 14.4. The molecule has 0 aliphatic heterocycles. The Bertz CT molecular complexity index is 675. The number of aliphatic carboxylic acids is 2. The summed E-state index contributed by atoms with van der Waals surface area (Å²) < 4.78 is 11.6. The van der Waals surface area contributed by atoms with Gasteiger partial charge in [-0.2, -0.15) is 0 Å². The second-order valence-electron chi connectivity index (χ2n) is 9.80. The van der Waals surface area contributed by atoms with E-state index in [-0.39, 0.29) is 6.42 Å². The van der Waals surface area contributed by atoms with Crippen molar-refractivity contribution in [2.75, 3.05) is 13.2 Å². The minimum Gasteiger partial charge on any atom is -0.490 e. The zero-order chi connectivity index (χ0) is 26.1. The molecule has 1 aromatic carbocycles. The molecule has 0 fully saturated rings. The number of carboxylic acids is 2. The minimum absolute atomic E-state index is 0.115. The molecule has 206 valence electrons. The molecule has 0 heterocycles. The number of rotatable bonds is 26. The first-order chi connectivity index (χ1) is 17.6. The molecule has 0 bridgehead atoms. The fraction of sp³-hybridized carbons (Fsp3) is 0.733. The van der Waals surface area contributed by atoms with Crippen molar-refractivity contribution in [3.63, 3.8) is 0 Å². The average Bonchev–Trinajstić information content (AvgIpc) is 2.85. The predicted molar refractivity (Wildman–Crippen MR) is 145 cm³/mol. The average molecular weight is 507 g/mol. The van der Waals surface area contributed by atoms with E-state index < -0.39 is 11.9 Å². The summed E-state index contributed by atoms with van der Waals surface area (Å²) in [5.41, 5.74) is 0. The van der Waals surface area contributed by atoms with E-state index in [0.717, 1.165) is 25.0 Å². The van der Waals surface area contributed by atoms with Gasteiger partial charge >= 0.3 is 11.9 Å². The Kier molecular flexibility index (Phi) is 20.5. The van der Waals surface area contributed by atoms with E-state index in [2.05, 4.69) is 0 Å². The van der Waals surface area contributed by atoms with Crippen LogP contribution in [-0.2, 0) is 9.59 Å². The van der Waals surface area contributed by atoms with Crippen LogP contribution in [0, 0.1) is 0 Å². The van der Waals surface area contributed by atoms with E-state index in [4.69, 9.17) is 19.7 Å². The maximum absolute atomic E-state index is 10.6. The number of para-hydroxylation sites is 2. The van der Waals surface area contributed by atoms with Crippen LogP contribution in [0.25, 0.3) is 0 Å². The van der Waals surface area contributed by atoms with Crippen LogP contribution in [0.2, 0.25) is 0 Å². The second-order valence-corrected chi connectivity index (χ2v) is 9.80. The van der Waals surface area contributed by atoms with Crippen LogP contribution in [0.15, 0.2) is 24.3 Å². The van der Waals surface area contributed by atoms with Crippen molar-refractivity contribution in [1.82, 2.24) is 0 Å². The van der Waals surface area contributed by atoms with Crippen molar-refractivity contribution in [1.29, 1.82) is 0 Å². The molecule has 0 unspecified atom stereocenters. The molecule has 36 heavy (non-hydrogen) atoms. The molecule has 6 nitrogen and oxygen atoms in total. The lowest BCUT2D eigenvalue weighted by atomic mass is 10.0. The Balaban J connectivity index is 1.84. The molecule has 0 radical (unpaired) electrons. The van der Waals surface area contributed by atoms with Gasteiger partial charge in [0, 0.05) is 12.8 Å². The molecule has 2 N–H and O–H groups in total. The molecular weight excluding hydrogens is 456 g/mol. The number of benzene rings is 1. The van der Waals surface area contributed by atoms with Crippen LogP contribution in [0.4, 0.5) is 0 Å². The minimum atomic E-state index is -0.801. The molecule has 0 saturated heterocycles. The molecule has 0 aliphatic rings. The topological polar surface area (TPSA) is 93.1 Å². The van der Waals surface area contributed by atoms with E-state index >= 15 is 0 Å². The van der Waals surface area contributed by atoms with E-state index in [9.17, 15) is 9.59 Å². The Hall–Kier alpha value is -2.24. The molecule has 0 aromatic heterocycles. The first kappa shape index (κ1) is 31.8. The third-order valence-electron chi connectivity index (χ3n) is 6.43. The highest BCUT2D eigenvalue weighted by atomic mass is 16.5. The lowest BCUT2D eigenvalue weighted by Crippen LogP contribution is -2.04. The van der Waals surface area contributed by atoms with Gasteiger partial charge in [-0.1, -0.05) is 108 Å². The maximum Gasteiger partial charge on any atom is 0.303 e. The predicted octanol–water partition coefficient (Wildman–Crippen LogP) is 8.42. The van der Waals surface area contributed by atoms with Gasteiger partial charge in [0.1, 0.15) is 0 Å². The highest BCUT2D eigenvalue weighted by Gasteiger charge is 2.05. The van der Waals surface area contributed by atoms with Gasteiger partial charge in [0.25, 0.3) is 0 Å². The lowest BCUT2D eigenvalue weighted by Gasteiger charge is -2.12. The number of hydrogen-bond donors (Lipinski definition) is 2. The summed E-state index contributed by atoms with van der Waals surface area (Å²) >= 11 is 0. The Morgan fingerprint density at radius 3 is 1.17 bits per heavy atom. The van der Waals surface area contributed by atoms with Crippen molar-refractivity contribution in [2.24, 2.45) is 0 Å². The van der Waals surface area contributed by atoms with Gasteiger partial charge in [0.05, 0.1) is 13.2 Å². The summed E-state index contributed by atoms with van der Waals surface area (Å²) in [7, 11) is 0. The summed E-state index contributed by atoms with van der Waals surface area (Å²) in [5.74, 6) is -0.0470. The number of carbonyl (C=O) groups is 2. The van der Waals surface area contributed by atoms with E-state index in [1.165, 1.54) is 89.9 Å². The molecule has 6 heteroatoms. The molecule has 0 spiro atoms. The molecular formula is C30H50O6. The lowest BCUT2D eigenvalue weighted by molar-refractivity contribution is -0.138. The SMILES string of the molecule is O=C(O)CCCCCCCCCCCCCCCCCCCOc1ccccc1OCCCC(=O)O. The molecule has 1 rings (SSSR count). The fourth-order valence-electron chi connectivity index (χ4n) is 4.31. The monoisotopic (exact) mass is 506 g/mol. The highest BCUT2D eigenvalue weighted by Crippen LogP contribution is 2.27. The van der Waals surface area contributed by atoms with Crippen LogP contribution in [0.5, 0.6) is 11.5 Å². The Morgan fingerprint density at radius 1 is 0.472 bits per heavy atom. The molecule has 0 aliphatic carbocycles. The van der Waals surface area contributed by atoms with Crippen LogP contribution in [-0.4, -0.2) is 35.4 Å². The van der Waals surface area contributed by atoms with Gasteiger partial charge in [-0.25, -0.2) is 0 Å². The van der Waals surface area contributed by atoms with Gasteiger partial charge < -0.3 is 19.7 Å². The second kappa shape index (κ2) is 23.2. The molecule has 0 atom stereocenters. The molecule has 0 amide bonds. The van der Waals surface area contributed by atoms with Gasteiger partial charge in [0.15, 0.2) is 11.5 Å². The fourth-order valence-corrected chi connectivity index (χ4v) is 4.31. The summed E-state index contributed by atoms with van der Waals surface area (Å²) in [6.45, 7) is 1.06. The first-order valence-electron chi connectivity index (χ1n) is 14.4. The Labute approximate surface area is 218 Å². The summed E-state index contributed by atoms with van der Waals surface area (Å²) in [5, 5.41) is 17.3. The van der Waals surface area contributed by atoms with E-state index in [0.29, 0.717) is 31.8 Å². The number of carboxylic acid groups (broad SMARTS) is 2. The summed E-state index contributed by atoms with van der Waals surface area (Å²) in [6.07, 6.45) is 22.1. The van der Waals surface area contributed by atoms with Crippen molar-refractivity contribution in [2.45, 2.75) is 128 Å². The number of hydrogen-bond acceptors (Lipinski definition) is 4. The van der Waals surface area contributed by atoms with E-state index in [1.807, 2.05) is 24.3 Å². The van der Waals surface area contributed by atoms with Crippen molar-refractivity contribution in [3.05, 3.63) is 24.3 Å². The van der Waals surface area contributed by atoms with Crippen molar-refractivity contribution >= 4 is 11.9 Å². The van der Waals surface area contributed by atoms with Crippen molar-refractivity contribution < 1.29 is 29.3 Å². The summed E-state index contributed by atoms with van der Waals surface area (Å²) in [4.78, 5) is 21.1. The quantitative estimate of drug-likeness (QED) is 0.122. The van der Waals surface area contributed by atoms with Gasteiger partial charge in [0.2, 0.25) is 0 Å². The van der Waals surface area contributed by atoms with Crippen LogP contribution >= 0.6 is 0 Å². The maximum atomic E-state index is 10.6. The third-order valence-corrected chi connectivity index (χ3v) is 6.43. The van der Waals surface area contributed by atoms with Gasteiger partial charge in [-0.15, -0.1) is 0 Å². The largest absolute Gasteiger partial charge is 0.490 e. The Morgan fingerprint density at radius 2 is 0.778 bits per heavy atom. The number of ether oxygens (including phenoxy) is 2. The van der Waals surface area contributed by atoms with Crippen LogP contribution in [0.1, 0.15) is 128 Å². The molecule has 0 saturated carbocycles. The molecule has 1 aromatic rings.